The molecule has 2 aromatic rings. The fourth-order valence-electron chi connectivity index (χ4n) is 2.35. The summed E-state index contributed by atoms with van der Waals surface area (Å²) in [5.74, 6) is -2.17. The van der Waals surface area contributed by atoms with Crippen molar-refractivity contribution in [2.45, 2.75) is 26.3 Å². The van der Waals surface area contributed by atoms with Crippen molar-refractivity contribution in [2.75, 3.05) is 6.61 Å². The van der Waals surface area contributed by atoms with Gasteiger partial charge in [0, 0.05) is 0 Å². The zero-order valence-electron chi connectivity index (χ0n) is 13.1. The molecule has 0 heterocycles. The maximum Gasteiger partial charge on any atom is 0.254 e. The van der Waals surface area contributed by atoms with Crippen LogP contribution in [0, 0.1) is 25.5 Å². The average Bonchev–Trinajstić information content (AvgIpc) is 2.52. The number of hydrogen-bond donors (Lipinski definition) is 2. The number of amides is 1. The molecule has 2 aromatic carbocycles. The molecule has 0 saturated heterocycles. The molecule has 0 radical (unpaired) electrons. The van der Waals surface area contributed by atoms with E-state index in [0.29, 0.717) is 6.42 Å². The fraction of sp³-hybridized carbons (Fsp3) is 0.278. The summed E-state index contributed by atoms with van der Waals surface area (Å²) in [5, 5.41) is 12.0. The molecule has 1 atom stereocenters. The third-order valence-corrected chi connectivity index (χ3v) is 3.78. The van der Waals surface area contributed by atoms with Crippen molar-refractivity contribution in [3.63, 3.8) is 0 Å². The number of aliphatic hydroxyl groups is 1. The summed E-state index contributed by atoms with van der Waals surface area (Å²) < 4.78 is 27.4. The number of carbonyl (C=O) groups is 1. The summed E-state index contributed by atoms with van der Waals surface area (Å²) in [5.41, 5.74) is 1.78. The van der Waals surface area contributed by atoms with E-state index in [0.717, 1.165) is 23.3 Å². The normalized spacial score (nSPS) is 12.0. The molecule has 1 unspecified atom stereocenters. The molecular weight excluding hydrogens is 300 g/mol. The van der Waals surface area contributed by atoms with Gasteiger partial charge in [0.05, 0.1) is 18.2 Å². The van der Waals surface area contributed by atoms with Crippen molar-refractivity contribution in [3.05, 3.63) is 70.3 Å². The third-order valence-electron chi connectivity index (χ3n) is 3.78. The van der Waals surface area contributed by atoms with Crippen LogP contribution in [-0.2, 0) is 6.42 Å². The minimum atomic E-state index is -0.783. The molecule has 0 aliphatic heterocycles. The predicted octanol–water partition coefficient (Wildman–Crippen LogP) is 2.92. The highest BCUT2D eigenvalue weighted by Crippen LogP contribution is 2.15. The third kappa shape index (κ3) is 4.13. The van der Waals surface area contributed by atoms with Crippen LogP contribution in [0.5, 0.6) is 0 Å². The monoisotopic (exact) mass is 319 g/mol. The summed E-state index contributed by atoms with van der Waals surface area (Å²) in [6, 6.07) is 8.88. The van der Waals surface area contributed by atoms with Gasteiger partial charge in [-0.25, -0.2) is 8.78 Å². The van der Waals surface area contributed by atoms with Crippen LogP contribution in [0.3, 0.4) is 0 Å². The molecule has 0 bridgehead atoms. The molecule has 23 heavy (non-hydrogen) atoms. The topological polar surface area (TPSA) is 49.3 Å². The maximum absolute atomic E-state index is 13.8. The molecule has 0 aromatic heterocycles. The van der Waals surface area contributed by atoms with Gasteiger partial charge >= 0.3 is 0 Å². The number of hydrogen-bond acceptors (Lipinski definition) is 2. The Morgan fingerprint density at radius 3 is 2.48 bits per heavy atom. The first-order valence-corrected chi connectivity index (χ1v) is 7.34. The summed E-state index contributed by atoms with van der Waals surface area (Å²) >= 11 is 0. The Kier molecular flexibility index (Phi) is 5.45. The first-order chi connectivity index (χ1) is 10.9. The van der Waals surface area contributed by atoms with Gasteiger partial charge in [-0.3, -0.25) is 4.79 Å². The van der Waals surface area contributed by atoms with Gasteiger partial charge in [0.25, 0.3) is 5.91 Å². The Morgan fingerprint density at radius 2 is 1.83 bits per heavy atom. The first-order valence-electron chi connectivity index (χ1n) is 7.34. The van der Waals surface area contributed by atoms with E-state index < -0.39 is 23.6 Å². The van der Waals surface area contributed by atoms with Crippen molar-refractivity contribution in [1.82, 2.24) is 5.32 Å². The lowest BCUT2D eigenvalue weighted by Gasteiger charge is -2.18. The molecule has 0 spiro atoms. The Bertz CT molecular complexity index is 716. The predicted molar refractivity (Wildman–Crippen MR) is 84.3 cm³/mol. The van der Waals surface area contributed by atoms with Gasteiger partial charge in [0.15, 0.2) is 0 Å². The van der Waals surface area contributed by atoms with Crippen molar-refractivity contribution >= 4 is 5.91 Å². The van der Waals surface area contributed by atoms with Crippen LogP contribution in [0.15, 0.2) is 36.4 Å². The number of aryl methyl sites for hydroxylation is 2. The zero-order chi connectivity index (χ0) is 17.0. The largest absolute Gasteiger partial charge is 0.394 e. The first kappa shape index (κ1) is 17.1. The molecule has 2 N–H and O–H groups in total. The molecule has 0 fully saturated rings. The van der Waals surface area contributed by atoms with Crippen LogP contribution in [0.4, 0.5) is 8.78 Å². The van der Waals surface area contributed by atoms with E-state index >= 15 is 0 Å². The van der Waals surface area contributed by atoms with Crippen LogP contribution in [0.2, 0.25) is 0 Å². The summed E-state index contributed by atoms with van der Waals surface area (Å²) in [4.78, 5) is 12.1. The van der Waals surface area contributed by atoms with Crippen LogP contribution < -0.4 is 5.32 Å². The minimum Gasteiger partial charge on any atom is -0.394 e. The van der Waals surface area contributed by atoms with Gasteiger partial charge in [-0.15, -0.1) is 0 Å². The standard InChI is InChI=1S/C18H19F2NO2/c1-11-5-3-4-6-13(11)8-14(10-22)21-18(23)15-9-16(19)12(2)7-17(15)20/h3-7,9,14,22H,8,10H2,1-2H3,(H,21,23). The molecule has 5 heteroatoms. The SMILES string of the molecule is Cc1cc(F)c(C(=O)NC(CO)Cc2ccccc2C)cc1F. The second kappa shape index (κ2) is 7.33. The molecule has 1 amide bonds. The highest BCUT2D eigenvalue weighted by molar-refractivity contribution is 5.94. The summed E-state index contributed by atoms with van der Waals surface area (Å²) in [6.07, 6.45) is 0.408. The lowest BCUT2D eigenvalue weighted by molar-refractivity contribution is 0.0912. The van der Waals surface area contributed by atoms with E-state index in [-0.39, 0.29) is 17.7 Å². The van der Waals surface area contributed by atoms with Gasteiger partial charge in [0.2, 0.25) is 0 Å². The number of halogens is 2. The van der Waals surface area contributed by atoms with Crippen LogP contribution in [-0.4, -0.2) is 23.7 Å². The number of rotatable bonds is 5. The van der Waals surface area contributed by atoms with E-state index in [2.05, 4.69) is 5.32 Å². The summed E-state index contributed by atoms with van der Waals surface area (Å²) in [7, 11) is 0. The Morgan fingerprint density at radius 1 is 1.13 bits per heavy atom. The van der Waals surface area contributed by atoms with E-state index in [1.807, 2.05) is 31.2 Å². The lowest BCUT2D eigenvalue weighted by Crippen LogP contribution is -2.39. The maximum atomic E-state index is 13.8. The van der Waals surface area contributed by atoms with E-state index in [1.165, 1.54) is 6.92 Å². The van der Waals surface area contributed by atoms with Crippen molar-refractivity contribution in [1.29, 1.82) is 0 Å². The molecule has 3 nitrogen and oxygen atoms in total. The molecule has 0 saturated carbocycles. The Labute approximate surface area is 134 Å². The van der Waals surface area contributed by atoms with E-state index in [1.54, 1.807) is 0 Å². The average molecular weight is 319 g/mol. The summed E-state index contributed by atoms with van der Waals surface area (Å²) in [6.45, 7) is 3.06. The van der Waals surface area contributed by atoms with Crippen molar-refractivity contribution in [3.8, 4) is 0 Å². The highest BCUT2D eigenvalue weighted by atomic mass is 19.1. The number of carbonyl (C=O) groups excluding carboxylic acids is 1. The highest BCUT2D eigenvalue weighted by Gasteiger charge is 2.19. The Hall–Kier alpha value is -2.27. The Balaban J connectivity index is 2.14. The molecule has 2 rings (SSSR count). The smallest absolute Gasteiger partial charge is 0.254 e. The number of benzene rings is 2. The zero-order valence-corrected chi connectivity index (χ0v) is 13.1. The van der Waals surface area contributed by atoms with Gasteiger partial charge in [-0.1, -0.05) is 24.3 Å². The van der Waals surface area contributed by atoms with Gasteiger partial charge in [-0.2, -0.15) is 0 Å². The van der Waals surface area contributed by atoms with Gasteiger partial charge in [0.1, 0.15) is 11.6 Å². The second-order valence-electron chi connectivity index (χ2n) is 5.56. The van der Waals surface area contributed by atoms with Gasteiger partial charge in [-0.05, 0) is 49.1 Å². The van der Waals surface area contributed by atoms with Crippen LogP contribution in [0.25, 0.3) is 0 Å². The fourth-order valence-corrected chi connectivity index (χ4v) is 2.35. The molecule has 0 aliphatic rings. The molecular formula is C18H19F2NO2. The minimum absolute atomic E-state index is 0.137. The van der Waals surface area contributed by atoms with Crippen molar-refractivity contribution in [2.24, 2.45) is 0 Å². The van der Waals surface area contributed by atoms with Crippen LogP contribution in [0.1, 0.15) is 27.0 Å². The number of aliphatic hydroxyl groups excluding tert-OH is 1. The quantitative estimate of drug-likeness (QED) is 0.890. The van der Waals surface area contributed by atoms with Gasteiger partial charge < -0.3 is 10.4 Å². The molecule has 0 aliphatic carbocycles. The number of nitrogens with one attached hydrogen (secondary N) is 1. The molecule has 122 valence electrons. The van der Waals surface area contributed by atoms with E-state index in [9.17, 15) is 18.7 Å². The van der Waals surface area contributed by atoms with Crippen molar-refractivity contribution < 1.29 is 18.7 Å². The second-order valence-corrected chi connectivity index (χ2v) is 5.56. The lowest BCUT2D eigenvalue weighted by atomic mass is 10.0. The van der Waals surface area contributed by atoms with E-state index in [4.69, 9.17) is 0 Å². The van der Waals surface area contributed by atoms with Crippen LogP contribution >= 0.6 is 0 Å².